The third-order valence-corrected chi connectivity index (χ3v) is 2.78. The van der Waals surface area contributed by atoms with Crippen molar-refractivity contribution in [1.29, 1.82) is 0 Å². The van der Waals surface area contributed by atoms with Crippen molar-refractivity contribution in [2.24, 2.45) is 16.9 Å². The van der Waals surface area contributed by atoms with E-state index < -0.39 is 17.8 Å². The summed E-state index contributed by atoms with van der Waals surface area (Å²) in [5, 5.41) is 15.2. The summed E-state index contributed by atoms with van der Waals surface area (Å²) < 4.78 is 0. The number of hydrogen-bond donors (Lipinski definition) is 3. The van der Waals surface area contributed by atoms with E-state index in [2.05, 4.69) is 15.8 Å². The van der Waals surface area contributed by atoms with Crippen LogP contribution in [0.25, 0.3) is 0 Å². The highest BCUT2D eigenvalue weighted by Gasteiger charge is 2.22. The number of hydrazone groups is 1. The molecule has 1 aliphatic rings. The van der Waals surface area contributed by atoms with E-state index in [-0.39, 0.29) is 36.9 Å². The van der Waals surface area contributed by atoms with E-state index in [0.717, 1.165) is 0 Å². The number of rotatable bonds is 6. The number of carbonyl (C=O) groups is 3. The Morgan fingerprint density at radius 2 is 2.11 bits per heavy atom. The Labute approximate surface area is 111 Å². The first-order valence-electron chi connectivity index (χ1n) is 6.26. The van der Waals surface area contributed by atoms with Crippen molar-refractivity contribution in [2.45, 2.75) is 33.1 Å². The van der Waals surface area contributed by atoms with Crippen LogP contribution in [0.5, 0.6) is 0 Å². The van der Waals surface area contributed by atoms with Crippen LogP contribution < -0.4 is 10.7 Å². The molecule has 0 fully saturated rings. The molecular formula is C12H19N3O4. The average Bonchev–Trinajstić information content (AvgIpc) is 2.34. The highest BCUT2D eigenvalue weighted by molar-refractivity contribution is 6.39. The van der Waals surface area contributed by atoms with Crippen molar-refractivity contribution in [2.75, 3.05) is 6.54 Å². The topological polar surface area (TPSA) is 108 Å². The number of aliphatic carboxylic acids is 1. The standard InChI is InChI=1S/C12H19N3O4/c1-7(2)5-8(12(18)19)6-13-11(17)9-3-4-10(16)15-14-9/h7-8H,3-6H2,1-2H3,(H,13,17)(H,15,16)(H,18,19). The maximum Gasteiger partial charge on any atom is 0.308 e. The maximum absolute atomic E-state index is 11.7. The molecule has 0 saturated heterocycles. The monoisotopic (exact) mass is 269 g/mol. The second-order valence-corrected chi connectivity index (χ2v) is 4.97. The van der Waals surface area contributed by atoms with Crippen LogP contribution in [0.15, 0.2) is 5.10 Å². The van der Waals surface area contributed by atoms with E-state index in [1.165, 1.54) is 0 Å². The summed E-state index contributed by atoms with van der Waals surface area (Å²) in [5.41, 5.74) is 2.46. The van der Waals surface area contributed by atoms with Gasteiger partial charge in [-0.1, -0.05) is 13.8 Å². The summed E-state index contributed by atoms with van der Waals surface area (Å²) in [5.74, 6) is -1.94. The summed E-state index contributed by atoms with van der Waals surface area (Å²) >= 11 is 0. The van der Waals surface area contributed by atoms with Crippen molar-refractivity contribution in [3.63, 3.8) is 0 Å². The Morgan fingerprint density at radius 3 is 2.58 bits per heavy atom. The number of nitrogens with one attached hydrogen (secondary N) is 2. The van der Waals surface area contributed by atoms with Crippen molar-refractivity contribution >= 4 is 23.5 Å². The summed E-state index contributed by atoms with van der Waals surface area (Å²) in [7, 11) is 0. The van der Waals surface area contributed by atoms with E-state index in [1.54, 1.807) is 0 Å². The zero-order valence-electron chi connectivity index (χ0n) is 11.1. The van der Waals surface area contributed by atoms with Crippen molar-refractivity contribution in [3.8, 4) is 0 Å². The minimum absolute atomic E-state index is 0.0688. The lowest BCUT2D eigenvalue weighted by atomic mass is 9.97. The molecule has 1 aliphatic heterocycles. The van der Waals surface area contributed by atoms with Gasteiger partial charge in [-0.3, -0.25) is 14.4 Å². The molecule has 7 nitrogen and oxygen atoms in total. The highest BCUT2D eigenvalue weighted by Crippen LogP contribution is 2.11. The van der Waals surface area contributed by atoms with Gasteiger partial charge in [-0.05, 0) is 12.3 Å². The Hall–Kier alpha value is -1.92. The molecule has 2 amide bonds. The molecule has 3 N–H and O–H groups in total. The number of hydrogen-bond acceptors (Lipinski definition) is 4. The van der Waals surface area contributed by atoms with E-state index in [0.29, 0.717) is 6.42 Å². The smallest absolute Gasteiger partial charge is 0.308 e. The molecule has 106 valence electrons. The Kier molecular flexibility index (Phi) is 5.47. The van der Waals surface area contributed by atoms with Crippen LogP contribution in [-0.2, 0) is 14.4 Å². The van der Waals surface area contributed by atoms with Gasteiger partial charge in [0.2, 0.25) is 5.91 Å². The minimum Gasteiger partial charge on any atom is -0.481 e. The number of carbonyl (C=O) groups excluding carboxylic acids is 2. The SMILES string of the molecule is CC(C)CC(CNC(=O)C1=NNC(=O)CC1)C(=O)O. The molecule has 0 aromatic heterocycles. The number of nitrogens with zero attached hydrogens (tertiary/aromatic N) is 1. The molecule has 0 radical (unpaired) electrons. The Balaban J connectivity index is 2.48. The summed E-state index contributed by atoms with van der Waals surface area (Å²) in [6.07, 6.45) is 0.999. The van der Waals surface area contributed by atoms with Gasteiger partial charge >= 0.3 is 5.97 Å². The van der Waals surface area contributed by atoms with Crippen LogP contribution in [0.3, 0.4) is 0 Å². The molecule has 1 unspecified atom stereocenters. The van der Waals surface area contributed by atoms with Crippen molar-refractivity contribution in [1.82, 2.24) is 10.7 Å². The average molecular weight is 269 g/mol. The molecule has 0 bridgehead atoms. The van der Waals surface area contributed by atoms with Crippen LogP contribution in [0.2, 0.25) is 0 Å². The zero-order chi connectivity index (χ0) is 14.4. The highest BCUT2D eigenvalue weighted by atomic mass is 16.4. The molecule has 19 heavy (non-hydrogen) atoms. The summed E-state index contributed by atoms with van der Waals surface area (Å²) in [6, 6.07) is 0. The predicted octanol–water partition coefficient (Wildman–Crippen LogP) is 0.115. The van der Waals surface area contributed by atoms with Gasteiger partial charge in [0.1, 0.15) is 5.71 Å². The second-order valence-electron chi connectivity index (χ2n) is 4.97. The van der Waals surface area contributed by atoms with Gasteiger partial charge in [-0.15, -0.1) is 0 Å². The van der Waals surface area contributed by atoms with Crippen LogP contribution in [0.1, 0.15) is 33.1 Å². The fourth-order valence-corrected chi connectivity index (χ4v) is 1.80. The third-order valence-electron chi connectivity index (χ3n) is 2.78. The number of carboxylic acid groups (broad SMARTS) is 1. The van der Waals surface area contributed by atoms with E-state index in [9.17, 15) is 14.4 Å². The summed E-state index contributed by atoms with van der Waals surface area (Å²) in [6.45, 7) is 3.93. The van der Waals surface area contributed by atoms with Gasteiger partial charge in [-0.2, -0.15) is 5.10 Å². The Bertz CT molecular complexity index is 404. The van der Waals surface area contributed by atoms with Crippen molar-refractivity contribution < 1.29 is 19.5 Å². The van der Waals surface area contributed by atoms with Crippen LogP contribution in [0.4, 0.5) is 0 Å². The first-order valence-corrected chi connectivity index (χ1v) is 6.26. The van der Waals surface area contributed by atoms with Gasteiger partial charge in [0.15, 0.2) is 0 Å². The molecule has 0 aliphatic carbocycles. The van der Waals surface area contributed by atoms with Gasteiger partial charge in [0, 0.05) is 19.4 Å². The van der Waals surface area contributed by atoms with Gasteiger partial charge in [-0.25, -0.2) is 5.43 Å². The largest absolute Gasteiger partial charge is 0.481 e. The number of amides is 2. The first-order chi connectivity index (χ1) is 8.90. The second kappa shape index (κ2) is 6.86. The van der Waals surface area contributed by atoms with E-state index in [1.807, 2.05) is 13.8 Å². The quantitative estimate of drug-likeness (QED) is 0.636. The molecule has 1 heterocycles. The van der Waals surface area contributed by atoms with Crippen LogP contribution in [-0.4, -0.2) is 35.1 Å². The molecule has 0 aromatic carbocycles. The lowest BCUT2D eigenvalue weighted by Gasteiger charge is -2.16. The molecule has 7 heteroatoms. The van der Waals surface area contributed by atoms with Gasteiger partial charge < -0.3 is 10.4 Å². The molecule has 1 rings (SSSR count). The predicted molar refractivity (Wildman–Crippen MR) is 68.4 cm³/mol. The van der Waals surface area contributed by atoms with Crippen LogP contribution in [0, 0.1) is 11.8 Å². The molecule has 0 saturated carbocycles. The number of carboxylic acids is 1. The normalized spacial score (nSPS) is 16.6. The van der Waals surface area contributed by atoms with Gasteiger partial charge in [0.25, 0.3) is 5.91 Å². The third kappa shape index (κ3) is 5.07. The van der Waals surface area contributed by atoms with E-state index in [4.69, 9.17) is 5.11 Å². The van der Waals surface area contributed by atoms with Gasteiger partial charge in [0.05, 0.1) is 5.92 Å². The molecule has 0 aromatic rings. The fourth-order valence-electron chi connectivity index (χ4n) is 1.80. The first kappa shape index (κ1) is 15.1. The fraction of sp³-hybridized carbons (Fsp3) is 0.667. The lowest BCUT2D eigenvalue weighted by molar-refractivity contribution is -0.142. The molecular weight excluding hydrogens is 250 g/mol. The molecule has 0 spiro atoms. The van der Waals surface area contributed by atoms with Crippen LogP contribution >= 0.6 is 0 Å². The van der Waals surface area contributed by atoms with E-state index >= 15 is 0 Å². The summed E-state index contributed by atoms with van der Waals surface area (Å²) in [4.78, 5) is 33.6. The van der Waals surface area contributed by atoms with Crippen molar-refractivity contribution in [3.05, 3.63) is 0 Å². The zero-order valence-corrected chi connectivity index (χ0v) is 11.1. The molecule has 1 atom stereocenters. The maximum atomic E-state index is 11.7. The lowest BCUT2D eigenvalue weighted by Crippen LogP contribution is -2.40. The Morgan fingerprint density at radius 1 is 1.42 bits per heavy atom. The minimum atomic E-state index is -0.923.